The van der Waals surface area contributed by atoms with Gasteiger partial charge in [-0.05, 0) is 61.1 Å². The summed E-state index contributed by atoms with van der Waals surface area (Å²) >= 11 is 0. The van der Waals surface area contributed by atoms with Gasteiger partial charge in [0.15, 0.2) is 0 Å². The normalized spacial score (nSPS) is 17.2. The third-order valence-electron chi connectivity index (χ3n) is 7.98. The summed E-state index contributed by atoms with van der Waals surface area (Å²) in [6.07, 6.45) is 0. The molecule has 0 spiro atoms. The van der Waals surface area contributed by atoms with Crippen LogP contribution in [0.1, 0.15) is 47.2 Å². The average Bonchev–Trinajstić information content (AvgIpc) is 2.89. The van der Waals surface area contributed by atoms with Crippen LogP contribution in [0.4, 0.5) is 11.4 Å². The SMILES string of the molecule is Cc1cc(C(C)(C)c2cc(C)c(NC(=O)CN3CCOCC3)c(C)c2)cc(C)c1NC(=O)CN1CCOCC1. The standard InChI is InChI=1S/C31H44N4O4/c1-21-15-25(16-22(2)29(21)32-27(36)19-34-7-11-38-12-8-34)31(5,6)26-17-23(3)30(24(4)18-26)33-28(37)20-35-9-13-39-14-10-35/h15-18H,7-14,19-20H2,1-6H3,(H,32,36)(H,33,37). The Labute approximate surface area is 233 Å². The molecule has 212 valence electrons. The van der Waals surface area contributed by atoms with Gasteiger partial charge < -0.3 is 20.1 Å². The first kappa shape index (κ1) is 29.2. The minimum absolute atomic E-state index is 0.00705. The molecule has 39 heavy (non-hydrogen) atoms. The van der Waals surface area contributed by atoms with Crippen LogP contribution in [0.3, 0.4) is 0 Å². The number of carbonyl (C=O) groups excluding carboxylic acids is 2. The van der Waals surface area contributed by atoms with Crippen molar-refractivity contribution in [3.05, 3.63) is 57.6 Å². The summed E-state index contributed by atoms with van der Waals surface area (Å²) in [7, 11) is 0. The molecule has 0 unspecified atom stereocenters. The summed E-state index contributed by atoms with van der Waals surface area (Å²) in [5, 5.41) is 6.29. The van der Waals surface area contributed by atoms with E-state index in [-0.39, 0.29) is 17.2 Å². The van der Waals surface area contributed by atoms with Crippen molar-refractivity contribution in [2.24, 2.45) is 0 Å². The highest BCUT2D eigenvalue weighted by atomic mass is 16.5. The van der Waals surface area contributed by atoms with Crippen LogP contribution in [0.15, 0.2) is 24.3 Å². The van der Waals surface area contributed by atoms with E-state index in [4.69, 9.17) is 9.47 Å². The zero-order valence-electron chi connectivity index (χ0n) is 24.4. The van der Waals surface area contributed by atoms with E-state index in [1.54, 1.807) is 0 Å². The van der Waals surface area contributed by atoms with Crippen LogP contribution >= 0.6 is 0 Å². The Morgan fingerprint density at radius 2 is 0.974 bits per heavy atom. The molecule has 2 fully saturated rings. The van der Waals surface area contributed by atoms with Crippen molar-refractivity contribution in [3.8, 4) is 0 Å². The zero-order valence-corrected chi connectivity index (χ0v) is 24.4. The Morgan fingerprint density at radius 3 is 1.28 bits per heavy atom. The van der Waals surface area contributed by atoms with Gasteiger partial charge in [-0.15, -0.1) is 0 Å². The number of ether oxygens (including phenoxy) is 2. The van der Waals surface area contributed by atoms with Crippen LogP contribution in [0.2, 0.25) is 0 Å². The lowest BCUT2D eigenvalue weighted by molar-refractivity contribution is -0.119. The number of benzene rings is 2. The Bertz CT molecular complexity index is 1060. The monoisotopic (exact) mass is 536 g/mol. The van der Waals surface area contributed by atoms with Gasteiger partial charge in [-0.2, -0.15) is 0 Å². The second kappa shape index (κ2) is 12.6. The fourth-order valence-corrected chi connectivity index (χ4v) is 5.49. The maximum Gasteiger partial charge on any atom is 0.238 e. The predicted octanol–water partition coefficient (Wildman–Crippen LogP) is 3.79. The fraction of sp³-hybridized carbons (Fsp3) is 0.548. The fourth-order valence-electron chi connectivity index (χ4n) is 5.49. The van der Waals surface area contributed by atoms with Crippen LogP contribution in [0.25, 0.3) is 0 Å². The van der Waals surface area contributed by atoms with E-state index >= 15 is 0 Å². The second-order valence-electron chi connectivity index (χ2n) is 11.5. The summed E-state index contributed by atoms with van der Waals surface area (Å²) in [6, 6.07) is 8.72. The molecular weight excluding hydrogens is 492 g/mol. The van der Waals surface area contributed by atoms with Crippen molar-refractivity contribution in [1.29, 1.82) is 0 Å². The van der Waals surface area contributed by atoms with Gasteiger partial charge in [0.05, 0.1) is 39.5 Å². The van der Waals surface area contributed by atoms with Gasteiger partial charge in [0.1, 0.15) is 0 Å². The molecule has 2 heterocycles. The summed E-state index contributed by atoms with van der Waals surface area (Å²) in [4.78, 5) is 29.8. The van der Waals surface area contributed by atoms with Crippen molar-refractivity contribution in [3.63, 3.8) is 0 Å². The van der Waals surface area contributed by atoms with Crippen LogP contribution in [-0.4, -0.2) is 87.3 Å². The molecule has 2 aliphatic rings. The van der Waals surface area contributed by atoms with Gasteiger partial charge in [-0.1, -0.05) is 38.1 Å². The molecule has 2 saturated heterocycles. The first-order valence-electron chi connectivity index (χ1n) is 14.0. The van der Waals surface area contributed by atoms with E-state index in [0.29, 0.717) is 39.5 Å². The number of rotatable bonds is 8. The molecule has 0 atom stereocenters. The van der Waals surface area contributed by atoms with Crippen LogP contribution in [0, 0.1) is 27.7 Å². The number of carbonyl (C=O) groups is 2. The summed E-state index contributed by atoms with van der Waals surface area (Å²) in [5.41, 5.74) is 8.08. The molecule has 0 aromatic heterocycles. The summed E-state index contributed by atoms with van der Waals surface area (Å²) in [5.74, 6) is 0.0141. The van der Waals surface area contributed by atoms with Gasteiger partial charge in [0, 0.05) is 43.0 Å². The molecule has 0 saturated carbocycles. The third kappa shape index (κ3) is 7.25. The number of anilines is 2. The molecule has 2 amide bonds. The smallest absolute Gasteiger partial charge is 0.238 e. The molecule has 4 rings (SSSR count). The topological polar surface area (TPSA) is 83.1 Å². The number of morpholine rings is 2. The first-order valence-corrected chi connectivity index (χ1v) is 14.0. The largest absolute Gasteiger partial charge is 0.379 e. The minimum atomic E-state index is -0.266. The van der Waals surface area contributed by atoms with Crippen molar-refractivity contribution in [2.75, 3.05) is 76.3 Å². The van der Waals surface area contributed by atoms with Gasteiger partial charge in [0.2, 0.25) is 11.8 Å². The Kier molecular flexibility index (Phi) is 9.43. The molecule has 2 aliphatic heterocycles. The first-order chi connectivity index (χ1) is 18.5. The van der Waals surface area contributed by atoms with Gasteiger partial charge in [-0.25, -0.2) is 0 Å². The summed E-state index contributed by atoms with van der Waals surface area (Å²) < 4.78 is 10.8. The molecule has 2 N–H and O–H groups in total. The molecule has 8 nitrogen and oxygen atoms in total. The lowest BCUT2D eigenvalue weighted by atomic mass is 9.76. The number of aryl methyl sites for hydroxylation is 4. The van der Waals surface area contributed by atoms with E-state index in [9.17, 15) is 9.59 Å². The van der Waals surface area contributed by atoms with E-state index in [1.807, 2.05) is 0 Å². The van der Waals surface area contributed by atoms with E-state index in [1.165, 1.54) is 11.1 Å². The predicted molar refractivity (Wildman–Crippen MR) is 156 cm³/mol. The molecule has 8 heteroatoms. The highest BCUT2D eigenvalue weighted by Gasteiger charge is 2.27. The molecular formula is C31H44N4O4. The van der Waals surface area contributed by atoms with Crippen molar-refractivity contribution >= 4 is 23.2 Å². The van der Waals surface area contributed by atoms with Crippen LogP contribution < -0.4 is 10.6 Å². The van der Waals surface area contributed by atoms with Gasteiger partial charge in [0.25, 0.3) is 0 Å². The minimum Gasteiger partial charge on any atom is -0.379 e. The van der Waals surface area contributed by atoms with Crippen LogP contribution in [-0.2, 0) is 24.5 Å². The molecule has 0 radical (unpaired) electrons. The third-order valence-corrected chi connectivity index (χ3v) is 7.98. The molecule has 2 aromatic carbocycles. The maximum atomic E-state index is 12.8. The van der Waals surface area contributed by atoms with Crippen LogP contribution in [0.5, 0.6) is 0 Å². The summed E-state index contributed by atoms with van der Waals surface area (Å²) in [6.45, 7) is 19.3. The van der Waals surface area contributed by atoms with Gasteiger partial charge >= 0.3 is 0 Å². The Balaban J connectivity index is 1.48. The lowest BCUT2D eigenvalue weighted by Crippen LogP contribution is -2.41. The van der Waals surface area contributed by atoms with Crippen molar-refractivity contribution < 1.29 is 19.1 Å². The quantitative estimate of drug-likeness (QED) is 0.534. The zero-order chi connectivity index (χ0) is 28.2. The number of hydrogen-bond acceptors (Lipinski definition) is 6. The Morgan fingerprint density at radius 1 is 0.667 bits per heavy atom. The Hall–Kier alpha value is -2.78. The van der Waals surface area contributed by atoms with Gasteiger partial charge in [-0.3, -0.25) is 19.4 Å². The molecule has 2 aromatic rings. The molecule has 0 bridgehead atoms. The number of nitrogens with one attached hydrogen (secondary N) is 2. The second-order valence-corrected chi connectivity index (χ2v) is 11.5. The number of amides is 2. The van der Waals surface area contributed by atoms with E-state index in [2.05, 4.69) is 86.2 Å². The van der Waals surface area contributed by atoms with Crippen molar-refractivity contribution in [1.82, 2.24) is 9.80 Å². The van der Waals surface area contributed by atoms with Crippen molar-refractivity contribution in [2.45, 2.75) is 47.0 Å². The maximum absolute atomic E-state index is 12.8. The molecule has 0 aliphatic carbocycles. The van der Waals surface area contributed by atoms with E-state index in [0.717, 1.165) is 59.8 Å². The highest BCUT2D eigenvalue weighted by Crippen LogP contribution is 2.37. The van der Waals surface area contributed by atoms with E-state index < -0.39 is 0 Å². The lowest BCUT2D eigenvalue weighted by Gasteiger charge is -2.30. The average molecular weight is 537 g/mol. The number of hydrogen-bond donors (Lipinski definition) is 2. The number of nitrogens with zero attached hydrogens (tertiary/aromatic N) is 2. The highest BCUT2D eigenvalue weighted by molar-refractivity contribution is 5.94.